The maximum absolute atomic E-state index is 4.84. The highest BCUT2D eigenvalue weighted by molar-refractivity contribution is 5.11. The van der Waals surface area contributed by atoms with Crippen LogP contribution >= 0.6 is 0 Å². The van der Waals surface area contributed by atoms with E-state index in [-0.39, 0.29) is 0 Å². The lowest BCUT2D eigenvalue weighted by Gasteiger charge is -1.93. The summed E-state index contributed by atoms with van der Waals surface area (Å²) in [6.07, 6.45) is 2.43. The van der Waals surface area contributed by atoms with E-state index in [9.17, 15) is 0 Å². The molecule has 10 heavy (non-hydrogen) atoms. The van der Waals surface area contributed by atoms with Gasteiger partial charge in [0.05, 0.1) is 12.8 Å². The predicted octanol–water partition coefficient (Wildman–Crippen LogP) is 0.416. The molecule has 0 saturated carbocycles. The molecule has 4 nitrogen and oxygen atoms in total. The van der Waals surface area contributed by atoms with Crippen LogP contribution in [0.3, 0.4) is 0 Å². The van der Waals surface area contributed by atoms with E-state index in [0.29, 0.717) is 6.61 Å². The largest absolute Gasteiger partial charge is 0.361 e. The number of hydrogen-bond acceptors (Lipinski definition) is 4. The van der Waals surface area contributed by atoms with Crippen LogP contribution in [0.5, 0.6) is 0 Å². The highest BCUT2D eigenvalue weighted by atomic mass is 16.6. The van der Waals surface area contributed by atoms with E-state index in [1.165, 1.54) is 0 Å². The van der Waals surface area contributed by atoms with Crippen LogP contribution in [0.4, 0.5) is 0 Å². The lowest BCUT2D eigenvalue weighted by Crippen LogP contribution is -2.03. The summed E-state index contributed by atoms with van der Waals surface area (Å²) in [5, 5.41) is 3.60. The van der Waals surface area contributed by atoms with Gasteiger partial charge in [-0.25, -0.2) is 5.90 Å². The van der Waals surface area contributed by atoms with Gasteiger partial charge >= 0.3 is 0 Å². The van der Waals surface area contributed by atoms with Gasteiger partial charge in [0, 0.05) is 12.0 Å². The topological polar surface area (TPSA) is 61.3 Å². The number of nitrogens with zero attached hydrogens (tertiary/aromatic N) is 1. The third-order valence-corrected chi connectivity index (χ3v) is 1.34. The van der Waals surface area contributed by atoms with Crippen molar-refractivity contribution in [3.05, 3.63) is 17.5 Å². The fourth-order valence-corrected chi connectivity index (χ4v) is 0.728. The summed E-state index contributed by atoms with van der Waals surface area (Å²) in [6.45, 7) is 2.36. The number of nitrogens with two attached hydrogens (primary N) is 1. The van der Waals surface area contributed by atoms with Crippen LogP contribution < -0.4 is 5.90 Å². The van der Waals surface area contributed by atoms with Gasteiger partial charge in [0.25, 0.3) is 0 Å². The first-order chi connectivity index (χ1) is 4.84. The van der Waals surface area contributed by atoms with Crippen molar-refractivity contribution in [1.29, 1.82) is 0 Å². The van der Waals surface area contributed by atoms with Gasteiger partial charge in [-0.05, 0) is 6.92 Å². The minimum atomic E-state index is 0.502. The van der Waals surface area contributed by atoms with Crippen molar-refractivity contribution < 1.29 is 9.36 Å². The Morgan fingerprint density at radius 3 is 3.10 bits per heavy atom. The van der Waals surface area contributed by atoms with Gasteiger partial charge in [-0.15, -0.1) is 0 Å². The smallest absolute Gasteiger partial charge is 0.136 e. The highest BCUT2D eigenvalue weighted by Crippen LogP contribution is 2.05. The average molecular weight is 142 g/mol. The van der Waals surface area contributed by atoms with Gasteiger partial charge in [0.15, 0.2) is 0 Å². The zero-order valence-corrected chi connectivity index (χ0v) is 5.83. The molecule has 1 aromatic heterocycles. The minimum Gasteiger partial charge on any atom is -0.361 e. The quantitative estimate of drug-likeness (QED) is 0.621. The zero-order valence-electron chi connectivity index (χ0n) is 5.83. The molecule has 2 N–H and O–H groups in total. The normalized spacial score (nSPS) is 10.2. The number of hydrogen-bond donors (Lipinski definition) is 1. The number of aryl methyl sites for hydroxylation is 1. The number of aromatic nitrogens is 1. The van der Waals surface area contributed by atoms with E-state index in [4.69, 9.17) is 10.4 Å². The number of rotatable bonds is 3. The zero-order chi connectivity index (χ0) is 7.40. The van der Waals surface area contributed by atoms with Crippen LogP contribution in [0.2, 0.25) is 0 Å². The van der Waals surface area contributed by atoms with E-state index in [1.54, 1.807) is 6.20 Å². The summed E-state index contributed by atoms with van der Waals surface area (Å²) >= 11 is 0. The fourth-order valence-electron chi connectivity index (χ4n) is 0.728. The molecule has 4 heteroatoms. The Morgan fingerprint density at radius 1 is 1.80 bits per heavy atom. The van der Waals surface area contributed by atoms with E-state index in [1.807, 2.05) is 6.92 Å². The van der Waals surface area contributed by atoms with Crippen LogP contribution in [0.15, 0.2) is 10.7 Å². The Balaban J connectivity index is 2.49. The second-order valence-electron chi connectivity index (χ2n) is 2.03. The van der Waals surface area contributed by atoms with E-state index < -0.39 is 0 Å². The molecular formula is C6H10N2O2. The monoisotopic (exact) mass is 142 g/mol. The molecule has 1 heterocycles. The molecule has 0 unspecified atom stereocenters. The molecule has 1 aromatic rings. The summed E-state index contributed by atoms with van der Waals surface area (Å²) in [7, 11) is 0. The van der Waals surface area contributed by atoms with Crippen molar-refractivity contribution >= 4 is 0 Å². The highest BCUT2D eigenvalue weighted by Gasteiger charge is 2.00. The molecular weight excluding hydrogens is 132 g/mol. The molecule has 0 amide bonds. The van der Waals surface area contributed by atoms with E-state index >= 15 is 0 Å². The lowest BCUT2D eigenvalue weighted by molar-refractivity contribution is 0.141. The maximum Gasteiger partial charge on any atom is 0.136 e. The van der Waals surface area contributed by atoms with Gasteiger partial charge in [-0.3, -0.25) is 0 Å². The van der Waals surface area contributed by atoms with Crippen molar-refractivity contribution in [3.8, 4) is 0 Å². The van der Waals surface area contributed by atoms with Crippen molar-refractivity contribution in [2.75, 3.05) is 6.61 Å². The van der Waals surface area contributed by atoms with Crippen LogP contribution in [-0.2, 0) is 11.3 Å². The van der Waals surface area contributed by atoms with E-state index in [2.05, 4.69) is 9.99 Å². The molecule has 1 rings (SSSR count). The Labute approximate surface area is 58.9 Å². The van der Waals surface area contributed by atoms with Gasteiger partial charge in [0.2, 0.25) is 0 Å². The molecule has 0 aromatic carbocycles. The Hall–Kier alpha value is -0.870. The molecule has 0 aliphatic heterocycles. The van der Waals surface area contributed by atoms with Crippen molar-refractivity contribution in [1.82, 2.24) is 5.16 Å². The fraction of sp³-hybridized carbons (Fsp3) is 0.500. The van der Waals surface area contributed by atoms with Crippen LogP contribution in [0, 0.1) is 6.92 Å². The maximum atomic E-state index is 4.84. The van der Waals surface area contributed by atoms with Crippen molar-refractivity contribution in [2.45, 2.75) is 13.3 Å². The Morgan fingerprint density at radius 2 is 2.60 bits per heavy atom. The van der Waals surface area contributed by atoms with Gasteiger partial charge in [-0.2, -0.15) is 0 Å². The molecule has 0 saturated heterocycles. The second-order valence-corrected chi connectivity index (χ2v) is 2.03. The lowest BCUT2D eigenvalue weighted by atomic mass is 10.2. The summed E-state index contributed by atoms with van der Waals surface area (Å²) in [5.74, 6) is 5.67. The third kappa shape index (κ3) is 1.55. The van der Waals surface area contributed by atoms with Crippen LogP contribution in [0.1, 0.15) is 11.3 Å². The molecule has 0 spiro atoms. The standard InChI is InChI=1S/C6H10N2O2/c1-5-6(2-3-9-7)4-8-10-5/h4H,2-3,7H2,1H3. The second kappa shape index (κ2) is 3.34. The van der Waals surface area contributed by atoms with Crippen molar-refractivity contribution in [3.63, 3.8) is 0 Å². The molecule has 0 fully saturated rings. The van der Waals surface area contributed by atoms with Crippen LogP contribution in [0.25, 0.3) is 0 Å². The summed E-state index contributed by atoms with van der Waals surface area (Å²) in [4.78, 5) is 4.40. The van der Waals surface area contributed by atoms with Crippen LogP contribution in [-0.4, -0.2) is 11.8 Å². The van der Waals surface area contributed by atoms with Gasteiger partial charge in [0.1, 0.15) is 5.76 Å². The SMILES string of the molecule is Cc1oncc1CCON. The summed E-state index contributed by atoms with van der Waals surface area (Å²) < 4.78 is 4.82. The predicted molar refractivity (Wildman–Crippen MR) is 35.1 cm³/mol. The van der Waals surface area contributed by atoms with Gasteiger partial charge < -0.3 is 9.36 Å². The summed E-state index contributed by atoms with van der Waals surface area (Å²) in [6, 6.07) is 0. The van der Waals surface area contributed by atoms with Gasteiger partial charge in [-0.1, -0.05) is 5.16 Å². The average Bonchev–Trinajstić information content (AvgIpc) is 2.31. The van der Waals surface area contributed by atoms with Crippen molar-refractivity contribution in [2.24, 2.45) is 5.90 Å². The third-order valence-electron chi connectivity index (χ3n) is 1.34. The molecule has 0 aliphatic carbocycles. The molecule has 56 valence electrons. The van der Waals surface area contributed by atoms with E-state index in [0.717, 1.165) is 17.7 Å². The molecule has 0 atom stereocenters. The first-order valence-corrected chi connectivity index (χ1v) is 3.06. The first kappa shape index (κ1) is 7.24. The Bertz CT molecular complexity index is 197. The summed E-state index contributed by atoms with van der Waals surface area (Å²) in [5.41, 5.74) is 1.05. The molecule has 0 bridgehead atoms. The molecule has 0 radical (unpaired) electrons. The minimum absolute atomic E-state index is 0.502. The molecule has 0 aliphatic rings. The Kier molecular flexibility index (Phi) is 2.42. The first-order valence-electron chi connectivity index (χ1n) is 3.06.